The van der Waals surface area contributed by atoms with Crippen LogP contribution < -0.4 is 5.32 Å². The summed E-state index contributed by atoms with van der Waals surface area (Å²) in [4.78, 5) is 32.0. The molecule has 0 aromatic carbocycles. The van der Waals surface area contributed by atoms with Crippen LogP contribution in [0, 0.1) is 5.41 Å². The second-order valence-corrected chi connectivity index (χ2v) is 8.13. The molecule has 1 spiro atoms. The van der Waals surface area contributed by atoms with Crippen molar-refractivity contribution in [2.75, 3.05) is 52.4 Å². The van der Waals surface area contributed by atoms with Gasteiger partial charge in [0.1, 0.15) is 0 Å². The molecule has 3 rings (SSSR count). The Morgan fingerprint density at radius 1 is 0.639 bits per heavy atom. The number of piperidine rings is 1. The van der Waals surface area contributed by atoms with Gasteiger partial charge in [-0.15, -0.1) is 0 Å². The number of hydrogen-bond donors (Lipinski definition) is 4. The summed E-state index contributed by atoms with van der Waals surface area (Å²) in [6, 6.07) is 0. The highest BCUT2D eigenvalue weighted by molar-refractivity contribution is 5.73. The molecule has 0 saturated carbocycles. The molecule has 0 amide bonds. The van der Waals surface area contributed by atoms with Gasteiger partial charge in [0, 0.05) is 44.7 Å². The van der Waals surface area contributed by atoms with Crippen LogP contribution in [0.5, 0.6) is 0 Å². The Morgan fingerprint density at radius 2 is 0.944 bits per heavy atom. The van der Waals surface area contributed by atoms with Crippen molar-refractivity contribution in [2.45, 2.75) is 37.8 Å². The summed E-state index contributed by atoms with van der Waals surface area (Å²) in [5.41, 5.74) is 0.710. The number of nitrogens with one attached hydrogen (secondary N) is 1. The van der Waals surface area contributed by atoms with Crippen LogP contribution in [0.4, 0.5) is 39.5 Å². The predicted octanol–water partition coefficient (Wildman–Crippen LogP) is 2.28. The van der Waals surface area contributed by atoms with Crippen LogP contribution in [0.2, 0.25) is 0 Å². The number of halogens is 9. The number of alkyl halides is 9. The van der Waals surface area contributed by atoms with Gasteiger partial charge in [-0.1, -0.05) is 6.42 Å². The van der Waals surface area contributed by atoms with Crippen molar-refractivity contribution in [1.82, 2.24) is 15.1 Å². The third kappa shape index (κ3) is 13.7. The second kappa shape index (κ2) is 13.8. The van der Waals surface area contributed by atoms with Gasteiger partial charge >= 0.3 is 36.4 Å². The van der Waals surface area contributed by atoms with E-state index in [1.165, 1.54) is 71.6 Å². The highest BCUT2D eigenvalue weighted by Crippen LogP contribution is 2.33. The maximum absolute atomic E-state index is 10.6. The van der Waals surface area contributed by atoms with Crippen LogP contribution in [0.15, 0.2) is 0 Å². The van der Waals surface area contributed by atoms with E-state index in [1.54, 1.807) is 0 Å². The Balaban J connectivity index is 0.000000501. The minimum Gasteiger partial charge on any atom is -0.475 e. The Hall–Kier alpha value is -2.34. The standard InChI is InChI=1S/C12H23N3.3C2HF3O2/c1-2-4-14(5-3-1)6-7-15-10-12(11-15)8-13-9-12;3*3-2(4,5)1(6)7/h13H,1-11H2;3*(H,6,7). The van der Waals surface area contributed by atoms with Crippen LogP contribution in [0.1, 0.15) is 19.3 Å². The van der Waals surface area contributed by atoms with Gasteiger partial charge in [-0.05, 0) is 25.9 Å². The quantitative estimate of drug-likeness (QED) is 0.391. The van der Waals surface area contributed by atoms with Gasteiger partial charge < -0.3 is 30.4 Å². The lowest BCUT2D eigenvalue weighted by atomic mass is 9.74. The molecule has 3 heterocycles. The summed E-state index contributed by atoms with van der Waals surface area (Å²) < 4.78 is 95.2. The number of nitrogens with zero attached hydrogens (tertiary/aromatic N) is 2. The Labute approximate surface area is 198 Å². The molecule has 3 fully saturated rings. The summed E-state index contributed by atoms with van der Waals surface area (Å²) in [7, 11) is 0. The molecule has 3 aliphatic heterocycles. The lowest BCUT2D eigenvalue weighted by Crippen LogP contribution is -2.71. The maximum Gasteiger partial charge on any atom is 0.490 e. The molecule has 0 aliphatic carbocycles. The molecule has 9 nitrogen and oxygen atoms in total. The average Bonchev–Trinajstić information content (AvgIpc) is 2.65. The molecule has 36 heavy (non-hydrogen) atoms. The van der Waals surface area contributed by atoms with Crippen molar-refractivity contribution in [3.63, 3.8) is 0 Å². The van der Waals surface area contributed by atoms with Gasteiger partial charge in [-0.3, -0.25) is 0 Å². The van der Waals surface area contributed by atoms with E-state index in [4.69, 9.17) is 29.7 Å². The average molecular weight is 551 g/mol. The van der Waals surface area contributed by atoms with Gasteiger partial charge in [0.05, 0.1) is 0 Å². The number of carboxylic acids is 3. The third-order valence-electron chi connectivity index (χ3n) is 5.03. The van der Waals surface area contributed by atoms with Gasteiger partial charge in [0.25, 0.3) is 0 Å². The monoisotopic (exact) mass is 551 g/mol. The highest BCUT2D eigenvalue weighted by Gasteiger charge is 2.47. The summed E-state index contributed by atoms with van der Waals surface area (Å²) in [5.74, 6) is -8.27. The number of carbonyl (C=O) groups is 3. The molecule has 4 N–H and O–H groups in total. The van der Waals surface area contributed by atoms with Crippen LogP contribution >= 0.6 is 0 Å². The van der Waals surface area contributed by atoms with Gasteiger partial charge in [-0.2, -0.15) is 39.5 Å². The fraction of sp³-hybridized carbons (Fsp3) is 0.833. The molecule has 0 aromatic heterocycles. The molecule has 3 aliphatic rings. The molecule has 0 bridgehead atoms. The van der Waals surface area contributed by atoms with Gasteiger partial charge in [0.15, 0.2) is 0 Å². The molecular formula is C18H26F9N3O6. The predicted molar refractivity (Wildman–Crippen MR) is 103 cm³/mol. The second-order valence-electron chi connectivity index (χ2n) is 8.13. The first-order chi connectivity index (χ1) is 16.2. The van der Waals surface area contributed by atoms with E-state index in [0.717, 1.165) is 0 Å². The number of hydrogen-bond acceptors (Lipinski definition) is 6. The van der Waals surface area contributed by atoms with Crippen molar-refractivity contribution in [2.24, 2.45) is 5.41 Å². The summed E-state index contributed by atoms with van der Waals surface area (Å²) in [6.45, 7) is 10.6. The molecule has 0 unspecified atom stereocenters. The molecular weight excluding hydrogens is 525 g/mol. The number of aliphatic carboxylic acids is 3. The van der Waals surface area contributed by atoms with E-state index >= 15 is 0 Å². The fourth-order valence-electron chi connectivity index (χ4n) is 3.23. The van der Waals surface area contributed by atoms with Gasteiger partial charge in [-0.25, -0.2) is 14.4 Å². The lowest BCUT2D eigenvalue weighted by Gasteiger charge is -2.56. The number of rotatable bonds is 3. The fourth-order valence-corrected chi connectivity index (χ4v) is 3.23. The Morgan fingerprint density at radius 3 is 1.19 bits per heavy atom. The largest absolute Gasteiger partial charge is 0.490 e. The number of likely N-dealkylation sites (tertiary alicyclic amines) is 2. The molecule has 0 aromatic rings. The minimum absolute atomic E-state index is 0.710. The summed E-state index contributed by atoms with van der Waals surface area (Å²) >= 11 is 0. The first kappa shape index (κ1) is 33.7. The van der Waals surface area contributed by atoms with Crippen LogP contribution in [-0.2, 0) is 14.4 Å². The lowest BCUT2D eigenvalue weighted by molar-refractivity contribution is -0.193. The molecule has 0 radical (unpaired) electrons. The molecule has 3 saturated heterocycles. The molecule has 18 heteroatoms. The normalized spacial score (nSPS) is 19.6. The zero-order valence-corrected chi connectivity index (χ0v) is 18.6. The minimum atomic E-state index is -5.08. The summed E-state index contributed by atoms with van der Waals surface area (Å²) in [5, 5.41) is 24.8. The van der Waals surface area contributed by atoms with E-state index in [2.05, 4.69) is 15.1 Å². The van der Waals surface area contributed by atoms with Crippen LogP contribution in [0.3, 0.4) is 0 Å². The molecule has 0 atom stereocenters. The third-order valence-corrected chi connectivity index (χ3v) is 5.03. The van der Waals surface area contributed by atoms with Crippen LogP contribution in [-0.4, -0.2) is 114 Å². The van der Waals surface area contributed by atoms with E-state index in [1.807, 2.05) is 0 Å². The van der Waals surface area contributed by atoms with Crippen LogP contribution in [0.25, 0.3) is 0 Å². The first-order valence-corrected chi connectivity index (χ1v) is 10.3. The van der Waals surface area contributed by atoms with Crippen molar-refractivity contribution < 1.29 is 69.2 Å². The van der Waals surface area contributed by atoms with Crippen molar-refractivity contribution in [3.8, 4) is 0 Å². The van der Waals surface area contributed by atoms with Gasteiger partial charge in [0.2, 0.25) is 0 Å². The zero-order chi connectivity index (χ0) is 28.4. The summed E-state index contributed by atoms with van der Waals surface area (Å²) in [6.07, 6.45) is -10.9. The van der Waals surface area contributed by atoms with Crippen molar-refractivity contribution >= 4 is 17.9 Å². The zero-order valence-electron chi connectivity index (χ0n) is 18.6. The Kier molecular flexibility index (Phi) is 12.9. The Bertz CT molecular complexity index is 654. The van der Waals surface area contributed by atoms with E-state index < -0.39 is 36.4 Å². The van der Waals surface area contributed by atoms with E-state index in [0.29, 0.717) is 5.41 Å². The van der Waals surface area contributed by atoms with Crippen molar-refractivity contribution in [3.05, 3.63) is 0 Å². The van der Waals surface area contributed by atoms with E-state index in [-0.39, 0.29) is 0 Å². The van der Waals surface area contributed by atoms with E-state index in [9.17, 15) is 39.5 Å². The highest BCUT2D eigenvalue weighted by atomic mass is 19.4. The van der Waals surface area contributed by atoms with Crippen molar-refractivity contribution in [1.29, 1.82) is 0 Å². The topological polar surface area (TPSA) is 130 Å². The number of carboxylic acid groups (broad SMARTS) is 3. The maximum atomic E-state index is 10.6. The molecule has 212 valence electrons. The smallest absolute Gasteiger partial charge is 0.475 e. The SMILES string of the molecule is C1CCN(CCN2CC3(CNC3)C2)CC1.O=C(O)C(F)(F)F.O=C(O)C(F)(F)F.O=C(O)C(F)(F)F. The first-order valence-electron chi connectivity index (χ1n) is 10.3.